The fraction of sp³-hybridized carbons (Fsp3) is 0.593. The number of carbonyl (C=O) groups excluding carboxylic acids is 3. The number of piperazine rings is 1. The lowest BCUT2D eigenvalue weighted by Crippen LogP contribution is -2.57. The van der Waals surface area contributed by atoms with Gasteiger partial charge >= 0.3 is 5.97 Å². The normalized spacial score (nSPS) is 18.1. The number of amides is 2. The second-order valence-corrected chi connectivity index (χ2v) is 13.1. The van der Waals surface area contributed by atoms with Crippen molar-refractivity contribution in [1.29, 1.82) is 0 Å². The van der Waals surface area contributed by atoms with Crippen LogP contribution < -0.4 is 4.74 Å². The fourth-order valence-corrected chi connectivity index (χ4v) is 5.72. The van der Waals surface area contributed by atoms with Gasteiger partial charge in [-0.15, -0.1) is 0 Å². The lowest BCUT2D eigenvalue weighted by molar-refractivity contribution is -0.154. The number of esters is 1. The minimum Gasteiger partial charge on any atom is -0.489 e. The van der Waals surface area contributed by atoms with Gasteiger partial charge in [-0.05, 0) is 69.9 Å². The van der Waals surface area contributed by atoms with Gasteiger partial charge in [-0.25, -0.2) is 12.8 Å². The van der Waals surface area contributed by atoms with Crippen molar-refractivity contribution in [2.24, 2.45) is 5.41 Å². The second-order valence-electron chi connectivity index (χ2n) is 11.2. The number of sulfone groups is 1. The minimum absolute atomic E-state index is 0.00796. The van der Waals surface area contributed by atoms with E-state index in [4.69, 9.17) is 9.47 Å². The van der Waals surface area contributed by atoms with Crippen LogP contribution in [0.5, 0.6) is 5.75 Å². The summed E-state index contributed by atoms with van der Waals surface area (Å²) in [6, 6.07) is 5.64. The molecular weight excluding hydrogens is 515 g/mol. The van der Waals surface area contributed by atoms with E-state index in [0.29, 0.717) is 18.6 Å². The highest BCUT2D eigenvalue weighted by Gasteiger charge is 2.43. The van der Waals surface area contributed by atoms with Gasteiger partial charge in [0.15, 0.2) is 9.84 Å². The van der Waals surface area contributed by atoms with Crippen LogP contribution >= 0.6 is 0 Å². The van der Waals surface area contributed by atoms with Crippen LogP contribution in [0.2, 0.25) is 0 Å². The number of carbonyl (C=O) groups is 3. The van der Waals surface area contributed by atoms with Crippen LogP contribution in [0, 0.1) is 5.41 Å². The number of halogens is 1. The third-order valence-corrected chi connectivity index (χ3v) is 8.38. The van der Waals surface area contributed by atoms with Crippen LogP contribution in [-0.4, -0.2) is 73.7 Å². The van der Waals surface area contributed by atoms with Crippen LogP contribution in [0.4, 0.5) is 4.39 Å². The summed E-state index contributed by atoms with van der Waals surface area (Å²) in [5.74, 6) is -1.03. The lowest BCUT2D eigenvalue weighted by atomic mass is 9.69. The van der Waals surface area contributed by atoms with E-state index < -0.39 is 38.6 Å². The van der Waals surface area contributed by atoms with Gasteiger partial charge in [0.2, 0.25) is 11.8 Å². The SMILES string of the molecule is CC(C)(C)OC(=O)CC/C(=C\F)COc1ccc(S(=O)(=O)CN2CCN(C(=O)C3(C)CCC3)CC2=O)cc1. The zero-order valence-corrected chi connectivity index (χ0v) is 23.3. The molecule has 9 nitrogen and oxygen atoms in total. The molecule has 38 heavy (non-hydrogen) atoms. The summed E-state index contributed by atoms with van der Waals surface area (Å²) in [6.07, 6.45) is 3.15. The van der Waals surface area contributed by atoms with Crippen LogP contribution in [0.25, 0.3) is 0 Å². The molecule has 210 valence electrons. The summed E-state index contributed by atoms with van der Waals surface area (Å²) in [7, 11) is -3.82. The first-order chi connectivity index (χ1) is 17.7. The Morgan fingerprint density at radius 1 is 1.11 bits per heavy atom. The van der Waals surface area contributed by atoms with Crippen molar-refractivity contribution in [2.75, 3.05) is 32.1 Å². The van der Waals surface area contributed by atoms with Gasteiger partial charge in [-0.3, -0.25) is 14.4 Å². The minimum atomic E-state index is -3.82. The lowest BCUT2D eigenvalue weighted by Gasteiger charge is -2.43. The molecule has 1 aromatic rings. The number of hydrogen-bond acceptors (Lipinski definition) is 7. The summed E-state index contributed by atoms with van der Waals surface area (Å²) in [6.45, 7) is 7.40. The molecule has 2 fully saturated rings. The van der Waals surface area contributed by atoms with E-state index in [2.05, 4.69) is 0 Å². The van der Waals surface area contributed by atoms with Crippen molar-refractivity contribution in [3.05, 3.63) is 36.2 Å². The third-order valence-electron chi connectivity index (χ3n) is 6.74. The Hall–Kier alpha value is -2.95. The molecule has 1 saturated heterocycles. The molecule has 0 radical (unpaired) electrons. The van der Waals surface area contributed by atoms with Crippen LogP contribution in [0.1, 0.15) is 59.8 Å². The van der Waals surface area contributed by atoms with E-state index in [-0.39, 0.29) is 48.9 Å². The maximum atomic E-state index is 13.2. The Bertz CT molecular complexity index is 1170. The van der Waals surface area contributed by atoms with Crippen molar-refractivity contribution < 1.29 is 36.7 Å². The molecule has 1 heterocycles. The smallest absolute Gasteiger partial charge is 0.306 e. The van der Waals surface area contributed by atoms with E-state index in [1.54, 1.807) is 20.8 Å². The van der Waals surface area contributed by atoms with Crippen molar-refractivity contribution >= 4 is 27.6 Å². The van der Waals surface area contributed by atoms with E-state index in [1.807, 2.05) is 6.92 Å². The molecule has 11 heteroatoms. The first kappa shape index (κ1) is 29.6. The van der Waals surface area contributed by atoms with E-state index >= 15 is 0 Å². The first-order valence-electron chi connectivity index (χ1n) is 12.8. The highest BCUT2D eigenvalue weighted by molar-refractivity contribution is 7.91. The summed E-state index contributed by atoms with van der Waals surface area (Å²) >= 11 is 0. The average molecular weight is 553 g/mol. The molecule has 1 aliphatic heterocycles. The van der Waals surface area contributed by atoms with Gasteiger partial charge < -0.3 is 19.3 Å². The third kappa shape index (κ3) is 7.78. The maximum Gasteiger partial charge on any atom is 0.306 e. The van der Waals surface area contributed by atoms with E-state index in [1.165, 1.54) is 34.1 Å². The Morgan fingerprint density at radius 2 is 1.76 bits per heavy atom. The van der Waals surface area contributed by atoms with Gasteiger partial charge in [0, 0.05) is 24.9 Å². The van der Waals surface area contributed by atoms with Crippen molar-refractivity contribution in [3.63, 3.8) is 0 Å². The zero-order valence-electron chi connectivity index (χ0n) is 22.5. The van der Waals surface area contributed by atoms with Gasteiger partial charge in [0.05, 0.1) is 17.8 Å². The van der Waals surface area contributed by atoms with Crippen molar-refractivity contribution in [1.82, 2.24) is 9.80 Å². The summed E-state index contributed by atoms with van der Waals surface area (Å²) in [5, 5.41) is 0. The van der Waals surface area contributed by atoms with Crippen LogP contribution in [0.3, 0.4) is 0 Å². The molecule has 0 N–H and O–H groups in total. The molecule has 0 spiro atoms. The summed E-state index contributed by atoms with van der Waals surface area (Å²) < 4.78 is 49.9. The van der Waals surface area contributed by atoms with Crippen molar-refractivity contribution in [2.45, 2.75) is 70.3 Å². The van der Waals surface area contributed by atoms with E-state index in [9.17, 15) is 27.2 Å². The van der Waals surface area contributed by atoms with Gasteiger partial charge in [0.25, 0.3) is 0 Å². The highest BCUT2D eigenvalue weighted by Crippen LogP contribution is 2.42. The molecule has 0 unspecified atom stereocenters. The quantitative estimate of drug-likeness (QED) is 0.408. The average Bonchev–Trinajstić information content (AvgIpc) is 2.82. The second kappa shape index (κ2) is 11.8. The standard InChI is InChI=1S/C27H37FN2O7S/c1-26(2,3)37-24(32)11-6-20(16-28)18-36-21-7-9-22(10-8-21)38(34,35)19-30-15-14-29(17-23(30)31)25(33)27(4)12-5-13-27/h7-10,16H,5-6,11-15,17-19H2,1-4H3/b20-16+. The Balaban J connectivity index is 1.50. The number of ether oxygens (including phenoxy) is 2. The van der Waals surface area contributed by atoms with E-state index in [0.717, 1.165) is 19.3 Å². The van der Waals surface area contributed by atoms with Crippen LogP contribution in [0.15, 0.2) is 41.1 Å². The monoisotopic (exact) mass is 552 g/mol. The summed E-state index contributed by atoms with van der Waals surface area (Å²) in [4.78, 5) is 40.0. The molecule has 0 aromatic heterocycles. The van der Waals surface area contributed by atoms with Crippen molar-refractivity contribution in [3.8, 4) is 5.75 Å². The Kier molecular flexibility index (Phi) is 9.22. The molecule has 2 amide bonds. The predicted molar refractivity (Wildman–Crippen MR) is 139 cm³/mol. The Labute approximate surface area is 223 Å². The topological polar surface area (TPSA) is 110 Å². The largest absolute Gasteiger partial charge is 0.489 e. The molecule has 0 atom stereocenters. The molecule has 1 aromatic carbocycles. The number of nitrogens with zero attached hydrogens (tertiary/aromatic N) is 2. The maximum absolute atomic E-state index is 13.2. The summed E-state index contributed by atoms with van der Waals surface area (Å²) in [5.41, 5.74) is -0.767. The predicted octanol–water partition coefficient (Wildman–Crippen LogP) is 3.63. The molecule has 1 aliphatic carbocycles. The molecule has 3 rings (SSSR count). The number of hydrogen-bond donors (Lipinski definition) is 0. The fourth-order valence-electron chi connectivity index (χ4n) is 4.33. The molecule has 1 saturated carbocycles. The highest BCUT2D eigenvalue weighted by atomic mass is 32.2. The molecular formula is C27H37FN2O7S. The van der Waals surface area contributed by atoms with Gasteiger partial charge in [0.1, 0.15) is 23.8 Å². The number of benzene rings is 1. The zero-order chi connectivity index (χ0) is 28.1. The van der Waals surface area contributed by atoms with Crippen LogP contribution in [-0.2, 0) is 29.0 Å². The number of rotatable bonds is 10. The first-order valence-corrected chi connectivity index (χ1v) is 14.4. The molecule has 0 bridgehead atoms. The van der Waals surface area contributed by atoms with Gasteiger partial charge in [-0.1, -0.05) is 13.3 Å². The molecule has 2 aliphatic rings. The Morgan fingerprint density at radius 3 is 2.29 bits per heavy atom. The van der Waals surface area contributed by atoms with Gasteiger partial charge in [-0.2, -0.15) is 0 Å².